The van der Waals surface area contributed by atoms with E-state index >= 15 is 0 Å². The van der Waals surface area contributed by atoms with Crippen LogP contribution in [-0.2, 0) is 0 Å². The van der Waals surface area contributed by atoms with E-state index in [-0.39, 0.29) is 5.75 Å². The molecule has 0 atom stereocenters. The van der Waals surface area contributed by atoms with E-state index < -0.39 is 6.36 Å². The summed E-state index contributed by atoms with van der Waals surface area (Å²) in [7, 11) is 1.63. The standard InChI is InChI=1S/C10H11F3N2O2S/c1-15(9(14-16)18-2)7-3-5-8(6-4-7)17-10(11,12)13/h3-6,16H,1-2H3/b14-9-. The Morgan fingerprint density at radius 2 is 1.89 bits per heavy atom. The second-order valence-corrected chi connectivity index (χ2v) is 3.96. The van der Waals surface area contributed by atoms with Gasteiger partial charge < -0.3 is 14.8 Å². The van der Waals surface area contributed by atoms with Crippen molar-refractivity contribution in [3.05, 3.63) is 24.3 Å². The van der Waals surface area contributed by atoms with Crippen LogP contribution in [0.25, 0.3) is 0 Å². The minimum Gasteiger partial charge on any atom is -0.409 e. The van der Waals surface area contributed by atoms with E-state index in [0.29, 0.717) is 10.9 Å². The molecule has 0 spiro atoms. The number of hydrogen-bond acceptors (Lipinski definition) is 4. The minimum atomic E-state index is -4.70. The lowest BCUT2D eigenvalue weighted by atomic mass is 10.3. The summed E-state index contributed by atoms with van der Waals surface area (Å²) in [6.07, 6.45) is -2.99. The number of amidine groups is 1. The van der Waals surface area contributed by atoms with Crippen molar-refractivity contribution in [2.45, 2.75) is 6.36 Å². The molecule has 0 saturated heterocycles. The number of ether oxygens (including phenoxy) is 1. The Hall–Kier alpha value is -1.57. The Bertz CT molecular complexity index is 420. The maximum atomic E-state index is 11.9. The number of halogens is 3. The van der Waals surface area contributed by atoms with E-state index in [9.17, 15) is 13.2 Å². The molecule has 1 rings (SSSR count). The third-order valence-electron chi connectivity index (χ3n) is 2.01. The molecular formula is C10H11F3N2O2S. The molecule has 4 nitrogen and oxygen atoms in total. The van der Waals surface area contributed by atoms with Crippen molar-refractivity contribution in [2.24, 2.45) is 5.16 Å². The maximum Gasteiger partial charge on any atom is 0.573 e. The molecule has 0 fully saturated rings. The molecule has 0 aromatic heterocycles. The van der Waals surface area contributed by atoms with Gasteiger partial charge in [0.05, 0.1) is 0 Å². The van der Waals surface area contributed by atoms with Crippen molar-refractivity contribution >= 4 is 22.6 Å². The highest BCUT2D eigenvalue weighted by Gasteiger charge is 2.31. The molecule has 18 heavy (non-hydrogen) atoms. The summed E-state index contributed by atoms with van der Waals surface area (Å²) in [6.45, 7) is 0. The lowest BCUT2D eigenvalue weighted by Gasteiger charge is -2.18. The van der Waals surface area contributed by atoms with Crippen molar-refractivity contribution in [1.29, 1.82) is 0 Å². The predicted octanol–water partition coefficient (Wildman–Crippen LogP) is 3.13. The van der Waals surface area contributed by atoms with Gasteiger partial charge in [-0.25, -0.2) is 0 Å². The zero-order valence-corrected chi connectivity index (χ0v) is 10.4. The van der Waals surface area contributed by atoms with Crippen LogP contribution in [-0.4, -0.2) is 30.0 Å². The van der Waals surface area contributed by atoms with Crippen LogP contribution >= 0.6 is 11.8 Å². The maximum absolute atomic E-state index is 11.9. The van der Waals surface area contributed by atoms with Crippen LogP contribution in [0.5, 0.6) is 5.75 Å². The Kier molecular flexibility index (Phi) is 4.71. The number of hydrogen-bond donors (Lipinski definition) is 1. The summed E-state index contributed by atoms with van der Waals surface area (Å²) in [6, 6.07) is 5.24. The first-order valence-corrected chi connectivity index (χ1v) is 5.95. The highest BCUT2D eigenvalue weighted by atomic mass is 32.2. The van der Waals surface area contributed by atoms with E-state index in [1.807, 2.05) is 0 Å². The summed E-state index contributed by atoms with van der Waals surface area (Å²) >= 11 is 1.20. The lowest BCUT2D eigenvalue weighted by Crippen LogP contribution is -2.23. The Labute approximate surface area is 106 Å². The zero-order valence-electron chi connectivity index (χ0n) is 9.60. The predicted molar refractivity (Wildman–Crippen MR) is 64.3 cm³/mol. The first-order valence-electron chi connectivity index (χ1n) is 4.73. The van der Waals surface area contributed by atoms with Crippen LogP contribution in [0.2, 0.25) is 0 Å². The number of anilines is 1. The normalized spacial score (nSPS) is 12.4. The molecule has 0 amide bonds. The minimum absolute atomic E-state index is 0.300. The average molecular weight is 280 g/mol. The van der Waals surface area contributed by atoms with Gasteiger partial charge in [-0.2, -0.15) is 0 Å². The number of oxime groups is 1. The van der Waals surface area contributed by atoms with E-state index in [1.165, 1.54) is 40.9 Å². The van der Waals surface area contributed by atoms with Gasteiger partial charge in [0.15, 0.2) is 0 Å². The second-order valence-electron chi connectivity index (χ2n) is 3.19. The topological polar surface area (TPSA) is 45.1 Å². The van der Waals surface area contributed by atoms with Crippen molar-refractivity contribution in [3.8, 4) is 5.75 Å². The fraction of sp³-hybridized carbons (Fsp3) is 0.300. The van der Waals surface area contributed by atoms with Crippen molar-refractivity contribution in [3.63, 3.8) is 0 Å². The molecule has 100 valence electrons. The van der Waals surface area contributed by atoms with Crippen LogP contribution in [0.4, 0.5) is 18.9 Å². The molecule has 0 unspecified atom stereocenters. The Morgan fingerprint density at radius 1 is 1.33 bits per heavy atom. The second kappa shape index (κ2) is 5.85. The van der Waals surface area contributed by atoms with Crippen LogP contribution in [0.15, 0.2) is 29.4 Å². The van der Waals surface area contributed by atoms with E-state index in [1.54, 1.807) is 13.3 Å². The van der Waals surface area contributed by atoms with E-state index in [0.717, 1.165) is 0 Å². The van der Waals surface area contributed by atoms with E-state index in [4.69, 9.17) is 5.21 Å². The number of nitrogens with zero attached hydrogens (tertiary/aromatic N) is 2. The Morgan fingerprint density at radius 3 is 2.28 bits per heavy atom. The fourth-order valence-electron chi connectivity index (χ4n) is 1.23. The number of rotatable bonds is 2. The van der Waals surface area contributed by atoms with Gasteiger partial charge in [0.25, 0.3) is 0 Å². The molecule has 0 radical (unpaired) electrons. The van der Waals surface area contributed by atoms with Crippen molar-refractivity contribution in [1.82, 2.24) is 0 Å². The quantitative estimate of drug-likeness (QED) is 0.391. The van der Waals surface area contributed by atoms with Gasteiger partial charge in [0.2, 0.25) is 5.17 Å². The van der Waals surface area contributed by atoms with Crippen LogP contribution < -0.4 is 9.64 Å². The summed E-state index contributed by atoms with van der Waals surface area (Å²) in [5.41, 5.74) is 0.576. The number of benzene rings is 1. The molecule has 0 saturated carbocycles. The Balaban J connectivity index is 2.83. The molecular weight excluding hydrogens is 269 g/mol. The molecule has 0 aliphatic heterocycles. The molecule has 8 heteroatoms. The monoisotopic (exact) mass is 280 g/mol. The van der Waals surface area contributed by atoms with Gasteiger partial charge in [-0.3, -0.25) is 0 Å². The van der Waals surface area contributed by atoms with Crippen LogP contribution in [0.1, 0.15) is 0 Å². The highest BCUT2D eigenvalue weighted by Crippen LogP contribution is 2.25. The molecule has 0 bridgehead atoms. The first-order chi connectivity index (χ1) is 8.37. The van der Waals surface area contributed by atoms with Crippen molar-refractivity contribution in [2.75, 3.05) is 18.2 Å². The summed E-state index contributed by atoms with van der Waals surface area (Å²) in [5, 5.41) is 12.1. The third kappa shape index (κ3) is 4.02. The summed E-state index contributed by atoms with van der Waals surface area (Å²) in [4.78, 5) is 1.53. The smallest absolute Gasteiger partial charge is 0.409 e. The highest BCUT2D eigenvalue weighted by molar-refractivity contribution is 8.13. The average Bonchev–Trinajstić information content (AvgIpc) is 2.29. The van der Waals surface area contributed by atoms with Crippen LogP contribution in [0, 0.1) is 0 Å². The van der Waals surface area contributed by atoms with E-state index in [2.05, 4.69) is 9.89 Å². The fourth-order valence-corrected chi connectivity index (χ4v) is 1.69. The summed E-state index contributed by atoms with van der Waals surface area (Å²) in [5.74, 6) is -0.300. The molecule has 1 N–H and O–H groups in total. The molecule has 0 aliphatic carbocycles. The lowest BCUT2D eigenvalue weighted by molar-refractivity contribution is -0.274. The van der Waals surface area contributed by atoms with Gasteiger partial charge in [-0.15, -0.1) is 13.2 Å². The zero-order chi connectivity index (χ0) is 13.8. The van der Waals surface area contributed by atoms with Gasteiger partial charge in [0.1, 0.15) is 5.75 Å². The van der Waals surface area contributed by atoms with Gasteiger partial charge >= 0.3 is 6.36 Å². The number of alkyl halides is 3. The largest absolute Gasteiger partial charge is 0.573 e. The molecule has 0 aliphatic rings. The van der Waals surface area contributed by atoms with Gasteiger partial charge in [-0.1, -0.05) is 16.9 Å². The van der Waals surface area contributed by atoms with Crippen LogP contribution in [0.3, 0.4) is 0 Å². The van der Waals surface area contributed by atoms with Gasteiger partial charge in [0, 0.05) is 12.7 Å². The third-order valence-corrected chi connectivity index (χ3v) is 2.73. The SMILES string of the molecule is CS/C(=N\O)N(C)c1ccc(OC(F)(F)F)cc1. The molecule has 1 aromatic carbocycles. The number of thioether (sulfide) groups is 1. The summed E-state index contributed by atoms with van der Waals surface area (Å²) < 4.78 is 39.6. The molecule has 1 aromatic rings. The van der Waals surface area contributed by atoms with Crippen molar-refractivity contribution < 1.29 is 23.1 Å². The molecule has 0 heterocycles. The van der Waals surface area contributed by atoms with Gasteiger partial charge in [-0.05, 0) is 30.5 Å². The first kappa shape index (κ1) is 14.5.